The molecule has 1 aromatic heterocycles. The largest absolute Gasteiger partial charge is 0.383 e. The van der Waals surface area contributed by atoms with E-state index < -0.39 is 0 Å². The number of hydrogen-bond acceptors (Lipinski definition) is 3. The van der Waals surface area contributed by atoms with E-state index in [-0.39, 0.29) is 5.78 Å². The summed E-state index contributed by atoms with van der Waals surface area (Å²) in [6.07, 6.45) is 5.60. The molecule has 0 unspecified atom stereocenters. The zero-order valence-electron chi connectivity index (χ0n) is 13.3. The minimum absolute atomic E-state index is 0.0672. The summed E-state index contributed by atoms with van der Waals surface area (Å²) >= 11 is 0. The fourth-order valence-electron chi connectivity index (χ4n) is 2.77. The van der Waals surface area contributed by atoms with Crippen molar-refractivity contribution in [2.45, 2.75) is 26.3 Å². The maximum Gasteiger partial charge on any atom is 0.210 e. The Hall–Kier alpha value is -2.36. The molecule has 1 heterocycles. The lowest BCUT2D eigenvalue weighted by Gasteiger charge is -2.14. The van der Waals surface area contributed by atoms with Crippen LogP contribution in [0.25, 0.3) is 0 Å². The van der Waals surface area contributed by atoms with E-state index in [1.165, 1.54) is 11.1 Å². The Morgan fingerprint density at radius 2 is 1.95 bits per heavy atom. The van der Waals surface area contributed by atoms with E-state index >= 15 is 0 Å². The van der Waals surface area contributed by atoms with Crippen LogP contribution in [0, 0.1) is 6.92 Å². The highest BCUT2D eigenvalue weighted by Gasteiger charge is 2.25. The Bertz CT molecular complexity index is 723. The van der Waals surface area contributed by atoms with Crippen molar-refractivity contribution < 1.29 is 4.79 Å². The highest BCUT2D eigenvalue weighted by atomic mass is 16.1. The second-order valence-electron chi connectivity index (χ2n) is 6.13. The number of aryl methyl sites for hydroxylation is 2. The van der Waals surface area contributed by atoms with Crippen LogP contribution in [0.5, 0.6) is 0 Å². The van der Waals surface area contributed by atoms with Gasteiger partial charge in [0.25, 0.3) is 0 Å². The van der Waals surface area contributed by atoms with Crippen molar-refractivity contribution in [1.29, 1.82) is 0 Å². The molecule has 0 bridgehead atoms. The molecule has 1 aliphatic carbocycles. The molecule has 22 heavy (non-hydrogen) atoms. The lowest BCUT2D eigenvalue weighted by Crippen LogP contribution is -2.16. The number of Topliss-reactive ketones (excluding diaryl/α,β-unsaturated/α-hetero) is 1. The summed E-state index contributed by atoms with van der Waals surface area (Å²) in [7, 11) is 3.87. The van der Waals surface area contributed by atoms with Gasteiger partial charge < -0.3 is 4.90 Å². The third-order valence-corrected chi connectivity index (χ3v) is 3.89. The third kappa shape index (κ3) is 2.96. The Labute approximate surface area is 131 Å². The Kier molecular flexibility index (Phi) is 3.84. The van der Waals surface area contributed by atoms with Crippen molar-refractivity contribution in [2.24, 2.45) is 0 Å². The zero-order valence-corrected chi connectivity index (χ0v) is 13.3. The van der Waals surface area contributed by atoms with Crippen molar-refractivity contribution >= 4 is 5.78 Å². The van der Waals surface area contributed by atoms with E-state index in [1.807, 2.05) is 36.1 Å². The number of fused-ring (bicyclic) bond motifs is 1. The topological polar surface area (TPSA) is 38.1 Å². The second-order valence-corrected chi connectivity index (χ2v) is 6.13. The molecule has 1 aliphatic rings. The summed E-state index contributed by atoms with van der Waals surface area (Å²) in [5.41, 5.74) is 4.97. The van der Waals surface area contributed by atoms with E-state index in [9.17, 15) is 4.79 Å². The molecule has 0 N–H and O–H groups in total. The van der Waals surface area contributed by atoms with Gasteiger partial charge >= 0.3 is 0 Å². The molecular weight excluding hydrogens is 274 g/mol. The molecule has 114 valence electrons. The molecule has 2 aromatic rings. The summed E-state index contributed by atoms with van der Waals surface area (Å²) in [6.45, 7) is 2.78. The maximum absolute atomic E-state index is 12.5. The van der Waals surface area contributed by atoms with Gasteiger partial charge in [0.15, 0.2) is 0 Å². The number of ketones is 1. The van der Waals surface area contributed by atoms with Crippen LogP contribution in [0.15, 0.2) is 42.2 Å². The zero-order chi connectivity index (χ0) is 15.7. The Balaban J connectivity index is 1.84. The van der Waals surface area contributed by atoms with Crippen LogP contribution in [-0.4, -0.2) is 34.6 Å². The maximum atomic E-state index is 12.5. The fourth-order valence-corrected chi connectivity index (χ4v) is 2.77. The Morgan fingerprint density at radius 3 is 2.64 bits per heavy atom. The van der Waals surface area contributed by atoms with Gasteiger partial charge in [-0.25, -0.2) is 0 Å². The monoisotopic (exact) mass is 295 g/mol. The molecular formula is C18H21N3O. The quantitative estimate of drug-likeness (QED) is 0.817. The minimum atomic E-state index is 0.0672. The number of carbonyl (C=O) groups is 1. The van der Waals surface area contributed by atoms with Gasteiger partial charge in [0.05, 0.1) is 6.54 Å². The molecule has 4 heteroatoms. The second kappa shape index (κ2) is 5.79. The summed E-state index contributed by atoms with van der Waals surface area (Å²) in [5.74, 6) is 0.0672. The van der Waals surface area contributed by atoms with Crippen molar-refractivity contribution in [3.05, 3.63) is 64.6 Å². The number of benzene rings is 1. The molecule has 0 radical (unpaired) electrons. The predicted octanol–water partition coefficient (Wildman–Crippen LogP) is 2.81. The van der Waals surface area contributed by atoms with Crippen LogP contribution in [0.1, 0.15) is 33.6 Å². The lowest BCUT2D eigenvalue weighted by atomic mass is 9.93. The molecule has 4 nitrogen and oxygen atoms in total. The average Bonchev–Trinajstić information content (AvgIpc) is 2.88. The van der Waals surface area contributed by atoms with Crippen LogP contribution in [-0.2, 0) is 13.0 Å². The first kappa shape index (κ1) is 14.6. The number of rotatable bonds is 3. The predicted molar refractivity (Wildman–Crippen MR) is 86.9 cm³/mol. The van der Waals surface area contributed by atoms with Crippen molar-refractivity contribution in [3.8, 4) is 0 Å². The van der Waals surface area contributed by atoms with Gasteiger partial charge in [0.2, 0.25) is 5.78 Å². The van der Waals surface area contributed by atoms with E-state index in [0.717, 1.165) is 24.0 Å². The average molecular weight is 295 g/mol. The molecule has 0 saturated carbocycles. The normalized spacial score (nSPS) is 16.0. The van der Waals surface area contributed by atoms with Crippen LogP contribution in [0.3, 0.4) is 0 Å². The molecule has 0 atom stereocenters. The van der Waals surface area contributed by atoms with Crippen LogP contribution in [0.2, 0.25) is 0 Å². The smallest absolute Gasteiger partial charge is 0.210 e. The summed E-state index contributed by atoms with van der Waals surface area (Å²) < 4.78 is 1.88. The van der Waals surface area contributed by atoms with Crippen LogP contribution < -0.4 is 0 Å². The highest BCUT2D eigenvalue weighted by molar-refractivity contribution is 6.09. The number of hydrogen-bond donors (Lipinski definition) is 0. The molecule has 0 amide bonds. The number of allylic oxidation sites excluding steroid dienone is 1. The SMILES string of the molecule is Cc1ccc(Cn2cc3c(n2)C(=O)C(=CN(C)C)CC3)cc1. The van der Waals surface area contributed by atoms with Gasteiger partial charge in [-0.3, -0.25) is 9.48 Å². The third-order valence-electron chi connectivity index (χ3n) is 3.89. The van der Waals surface area contributed by atoms with Crippen molar-refractivity contribution in [1.82, 2.24) is 14.7 Å². The molecule has 1 aromatic carbocycles. The Morgan fingerprint density at radius 1 is 1.23 bits per heavy atom. The van der Waals surface area contributed by atoms with Crippen LogP contribution in [0.4, 0.5) is 0 Å². The molecule has 0 aliphatic heterocycles. The first-order valence-electron chi connectivity index (χ1n) is 7.56. The first-order chi connectivity index (χ1) is 10.5. The lowest BCUT2D eigenvalue weighted by molar-refractivity contribution is 0.101. The number of carbonyl (C=O) groups excluding carboxylic acids is 1. The van der Waals surface area contributed by atoms with Crippen molar-refractivity contribution in [2.75, 3.05) is 14.1 Å². The molecule has 3 rings (SSSR count). The minimum Gasteiger partial charge on any atom is -0.383 e. The van der Waals surface area contributed by atoms with Crippen molar-refractivity contribution in [3.63, 3.8) is 0 Å². The summed E-state index contributed by atoms with van der Waals surface area (Å²) in [4.78, 5) is 14.4. The number of nitrogens with zero attached hydrogens (tertiary/aromatic N) is 3. The number of aromatic nitrogens is 2. The van der Waals surface area contributed by atoms with Gasteiger partial charge in [-0.05, 0) is 25.3 Å². The first-order valence-corrected chi connectivity index (χ1v) is 7.56. The van der Waals surface area contributed by atoms with Gasteiger partial charge in [0.1, 0.15) is 5.69 Å². The van der Waals surface area contributed by atoms with E-state index in [2.05, 4.69) is 36.3 Å². The molecule has 0 spiro atoms. The molecule has 0 fully saturated rings. The summed E-state index contributed by atoms with van der Waals surface area (Å²) in [6, 6.07) is 8.41. The van der Waals surface area contributed by atoms with E-state index in [1.54, 1.807) is 0 Å². The van der Waals surface area contributed by atoms with Gasteiger partial charge in [0, 0.05) is 37.6 Å². The van der Waals surface area contributed by atoms with E-state index in [4.69, 9.17) is 0 Å². The molecule has 0 saturated heterocycles. The van der Waals surface area contributed by atoms with Gasteiger partial charge in [-0.1, -0.05) is 29.8 Å². The standard InChI is InChI=1S/C18H21N3O/c1-13-4-6-14(7-5-13)10-21-12-15-8-9-16(11-20(2)3)18(22)17(15)19-21/h4-7,11-12H,8-10H2,1-3H3. The highest BCUT2D eigenvalue weighted by Crippen LogP contribution is 2.24. The van der Waals surface area contributed by atoms with Crippen LogP contribution >= 0.6 is 0 Å². The summed E-state index contributed by atoms with van der Waals surface area (Å²) in [5, 5.41) is 4.51. The van der Waals surface area contributed by atoms with E-state index in [0.29, 0.717) is 12.2 Å². The van der Waals surface area contributed by atoms with Gasteiger partial charge in [-0.2, -0.15) is 5.10 Å². The fraction of sp³-hybridized carbons (Fsp3) is 0.333. The van der Waals surface area contributed by atoms with Gasteiger partial charge in [-0.15, -0.1) is 0 Å².